The molecule has 1 unspecified atom stereocenters. The van der Waals surface area contributed by atoms with Crippen molar-refractivity contribution in [3.63, 3.8) is 0 Å². The zero-order chi connectivity index (χ0) is 17.1. The van der Waals surface area contributed by atoms with Gasteiger partial charge in [-0.3, -0.25) is 4.90 Å². The lowest BCUT2D eigenvalue weighted by molar-refractivity contribution is -0.142. The number of carboxylic acids is 1. The molecule has 0 aliphatic heterocycles. The number of carboxylic acid groups (broad SMARTS) is 1. The predicted molar refractivity (Wildman–Crippen MR) is 89.9 cm³/mol. The molecule has 0 bridgehead atoms. The Hall–Kier alpha value is -1.51. The van der Waals surface area contributed by atoms with Crippen LogP contribution in [0.5, 0.6) is 5.75 Å². The molecule has 1 aromatic carbocycles. The maximum Gasteiger partial charge on any atom is 0.410 e. The van der Waals surface area contributed by atoms with Crippen LogP contribution in [0.3, 0.4) is 0 Å². The molecule has 0 aromatic heterocycles. The van der Waals surface area contributed by atoms with Crippen LogP contribution in [0, 0.1) is 3.57 Å². The minimum atomic E-state index is -1.11. The summed E-state index contributed by atoms with van der Waals surface area (Å²) in [5.74, 6) is -0.979. The summed E-state index contributed by atoms with van der Waals surface area (Å²) in [6.45, 7) is 5.16. The van der Waals surface area contributed by atoms with Crippen molar-refractivity contribution in [3.8, 4) is 5.75 Å². The van der Waals surface area contributed by atoms with E-state index in [0.717, 1.165) is 4.90 Å². The fraction of sp³-hybridized carbons (Fsp3) is 0.467. The zero-order valence-electron chi connectivity index (χ0n) is 13.0. The number of rotatable bonds is 4. The van der Waals surface area contributed by atoms with Crippen molar-refractivity contribution < 1.29 is 24.5 Å². The lowest BCUT2D eigenvalue weighted by atomic mass is 10.1. The number of benzene rings is 1. The van der Waals surface area contributed by atoms with Crippen molar-refractivity contribution >= 4 is 34.7 Å². The molecule has 1 amide bonds. The lowest BCUT2D eigenvalue weighted by Gasteiger charge is -2.28. The number of hydrogen-bond acceptors (Lipinski definition) is 4. The molecule has 0 aliphatic rings. The van der Waals surface area contributed by atoms with Crippen LogP contribution in [0.2, 0.25) is 0 Å². The number of halogens is 1. The van der Waals surface area contributed by atoms with Gasteiger partial charge in [-0.15, -0.1) is 0 Å². The van der Waals surface area contributed by atoms with Crippen LogP contribution in [0.15, 0.2) is 18.2 Å². The molecule has 1 rings (SSSR count). The van der Waals surface area contributed by atoms with E-state index in [9.17, 15) is 19.8 Å². The summed E-state index contributed by atoms with van der Waals surface area (Å²) in [6.07, 6.45) is -0.560. The largest absolute Gasteiger partial charge is 0.507 e. The second kappa shape index (κ2) is 7.17. The highest BCUT2D eigenvalue weighted by atomic mass is 127. The first-order valence-corrected chi connectivity index (χ1v) is 7.75. The Morgan fingerprint density at radius 3 is 2.41 bits per heavy atom. The third-order valence-corrected chi connectivity index (χ3v) is 3.74. The van der Waals surface area contributed by atoms with Crippen molar-refractivity contribution in [2.75, 3.05) is 7.05 Å². The van der Waals surface area contributed by atoms with Crippen molar-refractivity contribution in [3.05, 3.63) is 27.3 Å². The SMILES string of the molecule is CN(C(=O)OC(C)(C)C)C(Cc1ccc(O)c(I)c1)C(=O)O. The third kappa shape index (κ3) is 5.36. The van der Waals surface area contributed by atoms with E-state index < -0.39 is 23.7 Å². The van der Waals surface area contributed by atoms with Gasteiger partial charge in [-0.05, 0) is 61.1 Å². The smallest absolute Gasteiger partial charge is 0.410 e. The van der Waals surface area contributed by atoms with Crippen molar-refractivity contribution in [2.45, 2.75) is 38.8 Å². The van der Waals surface area contributed by atoms with E-state index >= 15 is 0 Å². The topological polar surface area (TPSA) is 87.1 Å². The van der Waals surface area contributed by atoms with Crippen molar-refractivity contribution in [1.29, 1.82) is 0 Å². The average Bonchev–Trinajstić information content (AvgIpc) is 2.36. The molecule has 0 spiro atoms. The van der Waals surface area contributed by atoms with Gasteiger partial charge in [0.15, 0.2) is 0 Å². The van der Waals surface area contributed by atoms with Crippen LogP contribution in [-0.4, -0.2) is 45.9 Å². The second-order valence-corrected chi connectivity index (χ2v) is 7.10. The Bertz CT molecular complexity index is 568. The van der Waals surface area contributed by atoms with E-state index in [0.29, 0.717) is 9.13 Å². The number of likely N-dealkylation sites (N-methyl/N-ethyl adjacent to an activating group) is 1. The van der Waals surface area contributed by atoms with Gasteiger partial charge in [0, 0.05) is 13.5 Å². The van der Waals surface area contributed by atoms with Gasteiger partial charge in [0.1, 0.15) is 17.4 Å². The molecule has 1 atom stereocenters. The van der Waals surface area contributed by atoms with E-state index in [1.54, 1.807) is 32.9 Å². The highest BCUT2D eigenvalue weighted by molar-refractivity contribution is 14.1. The van der Waals surface area contributed by atoms with Crippen LogP contribution in [-0.2, 0) is 16.0 Å². The van der Waals surface area contributed by atoms with Gasteiger partial charge in [0.05, 0.1) is 3.57 Å². The van der Waals surface area contributed by atoms with Crippen LogP contribution in [0.1, 0.15) is 26.3 Å². The summed E-state index contributed by atoms with van der Waals surface area (Å²) in [5, 5.41) is 18.9. The maximum absolute atomic E-state index is 12.0. The minimum absolute atomic E-state index is 0.126. The summed E-state index contributed by atoms with van der Waals surface area (Å²) in [4.78, 5) is 24.6. The van der Waals surface area contributed by atoms with Gasteiger partial charge in [0.25, 0.3) is 0 Å². The van der Waals surface area contributed by atoms with E-state index in [2.05, 4.69) is 0 Å². The number of amides is 1. The van der Waals surface area contributed by atoms with E-state index in [1.165, 1.54) is 13.1 Å². The van der Waals surface area contributed by atoms with Crippen LogP contribution in [0.25, 0.3) is 0 Å². The number of carbonyl (C=O) groups excluding carboxylic acids is 1. The first kappa shape index (κ1) is 18.5. The molecule has 2 N–H and O–H groups in total. The van der Waals surface area contributed by atoms with Crippen molar-refractivity contribution in [2.24, 2.45) is 0 Å². The molecular weight excluding hydrogens is 401 g/mol. The highest BCUT2D eigenvalue weighted by Crippen LogP contribution is 2.22. The third-order valence-electron chi connectivity index (χ3n) is 2.88. The Labute approximate surface area is 143 Å². The Morgan fingerprint density at radius 2 is 1.95 bits per heavy atom. The quantitative estimate of drug-likeness (QED) is 0.731. The maximum atomic E-state index is 12.0. The normalized spacial score (nSPS) is 12.6. The van der Waals surface area contributed by atoms with Crippen LogP contribution < -0.4 is 0 Å². The number of ether oxygens (including phenoxy) is 1. The molecule has 7 heteroatoms. The first-order valence-electron chi connectivity index (χ1n) is 6.67. The van der Waals surface area contributed by atoms with E-state index in [4.69, 9.17) is 4.74 Å². The average molecular weight is 421 g/mol. The van der Waals surface area contributed by atoms with Crippen LogP contribution >= 0.6 is 22.6 Å². The molecule has 22 heavy (non-hydrogen) atoms. The van der Waals surface area contributed by atoms with Gasteiger partial charge < -0.3 is 14.9 Å². The number of hydrogen-bond donors (Lipinski definition) is 2. The molecule has 0 heterocycles. The van der Waals surface area contributed by atoms with Gasteiger partial charge >= 0.3 is 12.1 Å². The molecule has 122 valence electrons. The van der Waals surface area contributed by atoms with Gasteiger partial charge in [-0.25, -0.2) is 9.59 Å². The Kier molecular flexibility index (Phi) is 6.04. The zero-order valence-corrected chi connectivity index (χ0v) is 15.1. The molecule has 0 aliphatic carbocycles. The number of carbonyl (C=O) groups is 2. The summed E-state index contributed by atoms with van der Waals surface area (Å²) < 4.78 is 5.82. The number of aromatic hydroxyl groups is 1. The number of phenols is 1. The standard InChI is InChI=1S/C15H20INO5/c1-15(2,3)22-14(21)17(4)11(13(19)20)8-9-5-6-12(18)10(16)7-9/h5-7,11,18H,8H2,1-4H3,(H,19,20). The van der Waals surface area contributed by atoms with Gasteiger partial charge in [-0.1, -0.05) is 6.07 Å². The number of nitrogens with zero attached hydrogens (tertiary/aromatic N) is 1. The van der Waals surface area contributed by atoms with E-state index in [1.807, 2.05) is 22.6 Å². The fourth-order valence-electron chi connectivity index (χ4n) is 1.75. The Balaban J connectivity index is 2.91. The first-order chi connectivity index (χ1) is 10.0. The molecule has 0 fully saturated rings. The highest BCUT2D eigenvalue weighted by Gasteiger charge is 2.30. The summed E-state index contributed by atoms with van der Waals surface area (Å²) in [5.41, 5.74) is 0.0208. The fourth-order valence-corrected chi connectivity index (χ4v) is 2.33. The minimum Gasteiger partial charge on any atom is -0.507 e. The lowest BCUT2D eigenvalue weighted by Crippen LogP contribution is -2.46. The molecule has 6 nitrogen and oxygen atoms in total. The summed E-state index contributed by atoms with van der Waals surface area (Å²) in [6, 6.07) is 3.78. The molecule has 0 saturated heterocycles. The monoisotopic (exact) mass is 421 g/mol. The van der Waals surface area contributed by atoms with Gasteiger partial charge in [-0.2, -0.15) is 0 Å². The number of phenolic OH excluding ortho intramolecular Hbond substituents is 1. The van der Waals surface area contributed by atoms with Gasteiger partial charge in [0.2, 0.25) is 0 Å². The molecule has 0 saturated carbocycles. The Morgan fingerprint density at radius 1 is 1.36 bits per heavy atom. The molecular formula is C15H20INO5. The summed E-state index contributed by atoms with van der Waals surface area (Å²) in [7, 11) is 1.40. The predicted octanol–water partition coefficient (Wildman–Crippen LogP) is 2.86. The van der Waals surface area contributed by atoms with Crippen molar-refractivity contribution in [1.82, 2.24) is 4.90 Å². The summed E-state index contributed by atoms with van der Waals surface area (Å²) >= 11 is 1.96. The molecule has 1 aromatic rings. The number of aliphatic carboxylic acids is 1. The molecule has 0 radical (unpaired) electrons. The van der Waals surface area contributed by atoms with Crippen LogP contribution in [0.4, 0.5) is 4.79 Å². The van der Waals surface area contributed by atoms with E-state index in [-0.39, 0.29) is 12.2 Å². The second-order valence-electron chi connectivity index (χ2n) is 5.94.